The molecule has 1 aliphatic heterocycles. The fourth-order valence-corrected chi connectivity index (χ4v) is 2.89. The van der Waals surface area contributed by atoms with Gasteiger partial charge in [-0.2, -0.15) is 0 Å². The Morgan fingerprint density at radius 1 is 1.16 bits per heavy atom. The second-order valence-electron chi connectivity index (χ2n) is 5.40. The lowest BCUT2D eigenvalue weighted by Gasteiger charge is -2.31. The molecule has 3 rings (SSSR count). The fraction of sp³-hybridized carbons (Fsp3) is 0.294. The van der Waals surface area contributed by atoms with Crippen LogP contribution in [-0.4, -0.2) is 6.54 Å². The zero-order chi connectivity index (χ0) is 13.2. The predicted octanol–water partition coefficient (Wildman–Crippen LogP) is 3.53. The summed E-state index contributed by atoms with van der Waals surface area (Å²) in [6, 6.07) is 15.1. The maximum Gasteiger partial charge on any atom is 0.0429 e. The number of anilines is 2. The number of hydrogen-bond acceptors (Lipinski definition) is 2. The molecule has 98 valence electrons. The van der Waals surface area contributed by atoms with Crippen LogP contribution in [0.4, 0.5) is 11.4 Å². The molecule has 0 radical (unpaired) electrons. The molecule has 0 saturated heterocycles. The van der Waals surface area contributed by atoms with Gasteiger partial charge in [-0.1, -0.05) is 29.8 Å². The maximum absolute atomic E-state index is 5.88. The van der Waals surface area contributed by atoms with Gasteiger partial charge >= 0.3 is 0 Å². The van der Waals surface area contributed by atoms with Crippen molar-refractivity contribution in [3.8, 4) is 0 Å². The lowest BCUT2D eigenvalue weighted by atomic mass is 10.00. The minimum absolute atomic E-state index is 0.871. The van der Waals surface area contributed by atoms with Gasteiger partial charge in [-0.25, -0.2) is 0 Å². The van der Waals surface area contributed by atoms with Crippen molar-refractivity contribution >= 4 is 11.4 Å². The van der Waals surface area contributed by atoms with Crippen LogP contribution in [0.3, 0.4) is 0 Å². The number of nitrogens with zero attached hydrogens (tertiary/aromatic N) is 1. The molecule has 0 atom stereocenters. The summed E-state index contributed by atoms with van der Waals surface area (Å²) in [5.74, 6) is 0. The Morgan fingerprint density at radius 2 is 2.05 bits per heavy atom. The summed E-state index contributed by atoms with van der Waals surface area (Å²) in [4.78, 5) is 2.47. The van der Waals surface area contributed by atoms with E-state index in [1.54, 1.807) is 0 Å². The molecule has 2 aromatic carbocycles. The summed E-state index contributed by atoms with van der Waals surface area (Å²) >= 11 is 0. The van der Waals surface area contributed by atoms with Gasteiger partial charge in [-0.15, -0.1) is 0 Å². The number of hydrogen-bond donors (Lipinski definition) is 1. The van der Waals surface area contributed by atoms with Gasteiger partial charge in [-0.05, 0) is 49.1 Å². The molecule has 2 N–H and O–H groups in total. The molecule has 0 bridgehead atoms. The number of aryl methyl sites for hydroxylation is 2. The average molecular weight is 252 g/mol. The smallest absolute Gasteiger partial charge is 0.0429 e. The van der Waals surface area contributed by atoms with Gasteiger partial charge in [0.15, 0.2) is 0 Å². The van der Waals surface area contributed by atoms with E-state index in [2.05, 4.69) is 48.2 Å². The summed E-state index contributed by atoms with van der Waals surface area (Å²) in [6.45, 7) is 4.26. The van der Waals surface area contributed by atoms with Crippen molar-refractivity contribution in [3.05, 3.63) is 59.2 Å². The molecule has 1 heterocycles. The average Bonchev–Trinajstić information content (AvgIpc) is 2.38. The Hall–Kier alpha value is -1.96. The lowest BCUT2D eigenvalue weighted by molar-refractivity contribution is 0.691. The van der Waals surface area contributed by atoms with Crippen molar-refractivity contribution < 1.29 is 0 Å². The Kier molecular flexibility index (Phi) is 3.16. The van der Waals surface area contributed by atoms with E-state index >= 15 is 0 Å². The van der Waals surface area contributed by atoms with E-state index in [1.807, 2.05) is 6.07 Å². The predicted molar refractivity (Wildman–Crippen MR) is 81.4 cm³/mol. The second-order valence-corrected chi connectivity index (χ2v) is 5.40. The van der Waals surface area contributed by atoms with Crippen LogP contribution in [0.25, 0.3) is 0 Å². The van der Waals surface area contributed by atoms with Crippen LogP contribution in [0.1, 0.15) is 23.1 Å². The summed E-state index contributed by atoms with van der Waals surface area (Å²) in [6.07, 6.45) is 2.35. The number of benzene rings is 2. The van der Waals surface area contributed by atoms with Gasteiger partial charge in [0.25, 0.3) is 0 Å². The molecule has 0 aliphatic carbocycles. The van der Waals surface area contributed by atoms with Crippen LogP contribution in [0, 0.1) is 6.92 Å². The standard InChI is InChI=1S/C17H20N2/c1-13-4-2-5-14(10-13)12-19-9-3-6-15-11-16(18)7-8-17(15)19/h2,4-5,7-8,10-11H,3,6,9,12,18H2,1H3. The topological polar surface area (TPSA) is 29.3 Å². The van der Waals surface area contributed by atoms with Crippen molar-refractivity contribution in [1.82, 2.24) is 0 Å². The molecular formula is C17H20N2. The minimum atomic E-state index is 0.871. The van der Waals surface area contributed by atoms with Gasteiger partial charge in [0.1, 0.15) is 0 Å². The number of rotatable bonds is 2. The van der Waals surface area contributed by atoms with Gasteiger partial charge in [0.05, 0.1) is 0 Å². The zero-order valence-electron chi connectivity index (χ0n) is 11.4. The van der Waals surface area contributed by atoms with E-state index in [0.717, 1.165) is 25.2 Å². The number of fused-ring (bicyclic) bond motifs is 1. The summed E-state index contributed by atoms with van der Waals surface area (Å²) in [7, 11) is 0. The third kappa shape index (κ3) is 2.58. The molecule has 19 heavy (non-hydrogen) atoms. The minimum Gasteiger partial charge on any atom is -0.399 e. The van der Waals surface area contributed by atoms with Gasteiger partial charge < -0.3 is 10.6 Å². The zero-order valence-corrected chi connectivity index (χ0v) is 11.4. The van der Waals surface area contributed by atoms with Crippen molar-refractivity contribution in [1.29, 1.82) is 0 Å². The third-order valence-corrected chi connectivity index (χ3v) is 3.77. The van der Waals surface area contributed by atoms with Crippen molar-refractivity contribution in [2.45, 2.75) is 26.3 Å². The summed E-state index contributed by atoms with van der Waals surface area (Å²) < 4.78 is 0. The molecule has 0 fully saturated rings. The normalized spacial score (nSPS) is 14.3. The molecule has 0 spiro atoms. The largest absolute Gasteiger partial charge is 0.399 e. The molecule has 2 nitrogen and oxygen atoms in total. The molecule has 2 aromatic rings. The van der Waals surface area contributed by atoms with Crippen LogP contribution in [0.15, 0.2) is 42.5 Å². The first-order chi connectivity index (χ1) is 9.22. The van der Waals surface area contributed by atoms with E-state index in [9.17, 15) is 0 Å². The van der Waals surface area contributed by atoms with E-state index in [1.165, 1.54) is 28.8 Å². The van der Waals surface area contributed by atoms with Crippen LogP contribution >= 0.6 is 0 Å². The summed E-state index contributed by atoms with van der Waals surface area (Å²) in [5, 5.41) is 0. The molecule has 0 saturated carbocycles. The van der Waals surface area contributed by atoms with Gasteiger partial charge in [-0.3, -0.25) is 0 Å². The SMILES string of the molecule is Cc1cccc(CN2CCCc3cc(N)ccc32)c1. The molecule has 1 aliphatic rings. The Balaban J connectivity index is 1.87. The highest BCUT2D eigenvalue weighted by Gasteiger charge is 2.16. The Labute approximate surface area is 114 Å². The van der Waals surface area contributed by atoms with Crippen LogP contribution in [-0.2, 0) is 13.0 Å². The van der Waals surface area contributed by atoms with Crippen molar-refractivity contribution in [2.75, 3.05) is 17.2 Å². The van der Waals surface area contributed by atoms with Crippen molar-refractivity contribution in [3.63, 3.8) is 0 Å². The highest BCUT2D eigenvalue weighted by molar-refractivity contribution is 5.61. The second kappa shape index (κ2) is 4.96. The first-order valence-electron chi connectivity index (χ1n) is 6.91. The monoisotopic (exact) mass is 252 g/mol. The van der Waals surface area contributed by atoms with E-state index in [4.69, 9.17) is 5.73 Å². The van der Waals surface area contributed by atoms with Crippen LogP contribution in [0.2, 0.25) is 0 Å². The Morgan fingerprint density at radius 3 is 2.89 bits per heavy atom. The van der Waals surface area contributed by atoms with Crippen LogP contribution in [0.5, 0.6) is 0 Å². The van der Waals surface area contributed by atoms with Crippen LogP contribution < -0.4 is 10.6 Å². The highest BCUT2D eigenvalue weighted by Crippen LogP contribution is 2.30. The van der Waals surface area contributed by atoms with E-state index in [0.29, 0.717) is 0 Å². The van der Waals surface area contributed by atoms with Gasteiger partial charge in [0.2, 0.25) is 0 Å². The van der Waals surface area contributed by atoms with E-state index < -0.39 is 0 Å². The van der Waals surface area contributed by atoms with Crippen molar-refractivity contribution in [2.24, 2.45) is 0 Å². The first kappa shape index (κ1) is 12.1. The molecule has 2 heteroatoms. The molecular weight excluding hydrogens is 232 g/mol. The third-order valence-electron chi connectivity index (χ3n) is 3.77. The molecule has 0 amide bonds. The number of nitrogens with two attached hydrogens (primary N) is 1. The van der Waals surface area contributed by atoms with Gasteiger partial charge in [0, 0.05) is 24.5 Å². The van der Waals surface area contributed by atoms with E-state index in [-0.39, 0.29) is 0 Å². The first-order valence-corrected chi connectivity index (χ1v) is 6.91. The fourth-order valence-electron chi connectivity index (χ4n) is 2.89. The quantitative estimate of drug-likeness (QED) is 0.828. The number of nitrogen functional groups attached to an aromatic ring is 1. The Bertz CT molecular complexity index is 590. The highest BCUT2D eigenvalue weighted by atomic mass is 15.1. The lowest BCUT2D eigenvalue weighted by Crippen LogP contribution is -2.28. The molecule has 0 unspecified atom stereocenters. The molecule has 0 aromatic heterocycles. The summed E-state index contributed by atoms with van der Waals surface area (Å²) in [5.41, 5.74) is 12.2. The maximum atomic E-state index is 5.88.